The minimum Gasteiger partial charge on any atom is -0.402 e. The Morgan fingerprint density at radius 2 is 2.00 bits per heavy atom. The highest BCUT2D eigenvalue weighted by atomic mass is 16.7. The fourth-order valence-corrected chi connectivity index (χ4v) is 1.61. The van der Waals surface area contributed by atoms with E-state index in [9.17, 15) is 4.79 Å². The molecule has 0 saturated carbocycles. The fraction of sp³-hybridized carbons (Fsp3) is 0.455. The highest BCUT2D eigenvalue weighted by molar-refractivity contribution is 6.61. The molecule has 2 rings (SSSR count). The molecule has 1 N–H and O–H groups in total. The van der Waals surface area contributed by atoms with E-state index in [0.29, 0.717) is 5.69 Å². The Morgan fingerprint density at radius 3 is 2.47 bits per heavy atom. The van der Waals surface area contributed by atoms with Gasteiger partial charge in [-0.2, -0.15) is 0 Å². The van der Waals surface area contributed by atoms with Crippen LogP contribution < -0.4 is 10.8 Å². The zero-order valence-corrected chi connectivity index (χ0v) is 10.1. The van der Waals surface area contributed by atoms with Crippen LogP contribution in [0.3, 0.4) is 0 Å². The van der Waals surface area contributed by atoms with E-state index in [2.05, 4.69) is 10.3 Å². The van der Waals surface area contributed by atoms with Gasteiger partial charge in [-0.1, -0.05) is 6.07 Å². The molecule has 2 unspecified atom stereocenters. The van der Waals surface area contributed by atoms with Crippen molar-refractivity contribution >= 4 is 18.5 Å². The van der Waals surface area contributed by atoms with Crippen LogP contribution in [0.4, 0.5) is 0 Å². The van der Waals surface area contributed by atoms with Crippen molar-refractivity contribution in [2.45, 2.75) is 26.1 Å². The first kappa shape index (κ1) is 12.1. The lowest BCUT2D eigenvalue weighted by molar-refractivity contribution is 0.0958. The van der Waals surface area contributed by atoms with Gasteiger partial charge < -0.3 is 14.6 Å². The molecule has 1 aliphatic rings. The third-order valence-electron chi connectivity index (χ3n) is 2.86. The van der Waals surface area contributed by atoms with Crippen molar-refractivity contribution in [3.63, 3.8) is 0 Å². The number of hydrogen-bond acceptors (Lipinski definition) is 4. The first-order valence-corrected chi connectivity index (χ1v) is 5.60. The molecule has 0 aromatic carbocycles. The Balaban J connectivity index is 2.11. The fourth-order valence-electron chi connectivity index (χ4n) is 1.61. The molecule has 90 valence electrons. The summed E-state index contributed by atoms with van der Waals surface area (Å²) in [7, 11) is 1.19. The van der Waals surface area contributed by atoms with Crippen molar-refractivity contribution in [1.29, 1.82) is 0 Å². The predicted octanol–water partition coefficient (Wildman–Crippen LogP) is -0.0398. The van der Waals surface area contributed by atoms with E-state index in [1.807, 2.05) is 13.8 Å². The van der Waals surface area contributed by atoms with E-state index in [4.69, 9.17) is 9.31 Å². The first-order chi connectivity index (χ1) is 8.11. The number of pyridine rings is 1. The molecule has 6 heteroatoms. The van der Waals surface area contributed by atoms with Gasteiger partial charge in [0.15, 0.2) is 0 Å². The lowest BCUT2D eigenvalue weighted by atomic mass is 9.80. The normalized spacial score (nSPS) is 23.8. The smallest absolute Gasteiger partial charge is 0.402 e. The summed E-state index contributed by atoms with van der Waals surface area (Å²) < 4.78 is 11.2. The molecule has 0 radical (unpaired) electrons. The number of rotatable bonds is 2. The molecule has 1 saturated heterocycles. The van der Waals surface area contributed by atoms with E-state index < -0.39 is 0 Å². The van der Waals surface area contributed by atoms with Crippen molar-refractivity contribution < 1.29 is 14.1 Å². The Labute approximate surface area is 101 Å². The highest BCUT2D eigenvalue weighted by Gasteiger charge is 2.36. The van der Waals surface area contributed by atoms with Crippen LogP contribution in [-0.4, -0.2) is 37.3 Å². The molecule has 0 bridgehead atoms. The van der Waals surface area contributed by atoms with Crippen LogP contribution in [-0.2, 0) is 9.31 Å². The molecule has 2 heterocycles. The number of nitrogens with zero attached hydrogens (tertiary/aromatic N) is 1. The van der Waals surface area contributed by atoms with Gasteiger partial charge in [0.2, 0.25) is 0 Å². The van der Waals surface area contributed by atoms with Crippen LogP contribution in [0.2, 0.25) is 0 Å². The second-order valence-electron chi connectivity index (χ2n) is 4.07. The van der Waals surface area contributed by atoms with Crippen LogP contribution in [0.25, 0.3) is 0 Å². The maximum absolute atomic E-state index is 11.3. The summed E-state index contributed by atoms with van der Waals surface area (Å²) in [5.41, 5.74) is 1.21. The summed E-state index contributed by atoms with van der Waals surface area (Å²) >= 11 is 0. The Kier molecular flexibility index (Phi) is 3.45. The molecule has 1 fully saturated rings. The summed E-state index contributed by atoms with van der Waals surface area (Å²) in [6, 6.07) is 3.46. The molecule has 17 heavy (non-hydrogen) atoms. The summed E-state index contributed by atoms with van der Waals surface area (Å²) in [4.78, 5) is 15.4. The van der Waals surface area contributed by atoms with Gasteiger partial charge in [-0.25, -0.2) is 0 Å². The summed E-state index contributed by atoms with van der Waals surface area (Å²) in [5.74, 6) is -0.202. The first-order valence-electron chi connectivity index (χ1n) is 5.60. The number of hydrogen-bond donors (Lipinski definition) is 1. The predicted molar refractivity (Wildman–Crippen MR) is 64.1 cm³/mol. The van der Waals surface area contributed by atoms with Gasteiger partial charge in [-0.15, -0.1) is 0 Å². The lowest BCUT2D eigenvalue weighted by Crippen LogP contribution is -2.33. The highest BCUT2D eigenvalue weighted by Crippen LogP contribution is 2.15. The van der Waals surface area contributed by atoms with Crippen LogP contribution in [0, 0.1) is 0 Å². The van der Waals surface area contributed by atoms with Crippen molar-refractivity contribution in [3.05, 3.63) is 24.0 Å². The molecular weight excluding hydrogens is 219 g/mol. The van der Waals surface area contributed by atoms with Crippen molar-refractivity contribution in [2.24, 2.45) is 0 Å². The molecule has 1 aromatic rings. The van der Waals surface area contributed by atoms with Crippen molar-refractivity contribution in [3.8, 4) is 0 Å². The zero-order chi connectivity index (χ0) is 12.4. The molecule has 5 nitrogen and oxygen atoms in total. The van der Waals surface area contributed by atoms with Crippen molar-refractivity contribution in [1.82, 2.24) is 10.3 Å². The Bertz CT molecular complexity index is 400. The van der Waals surface area contributed by atoms with Crippen molar-refractivity contribution in [2.75, 3.05) is 7.05 Å². The third kappa shape index (κ3) is 2.48. The lowest BCUT2D eigenvalue weighted by Gasteiger charge is -2.05. The largest absolute Gasteiger partial charge is 0.496 e. The molecule has 2 atom stereocenters. The molecule has 1 aromatic heterocycles. The van der Waals surface area contributed by atoms with Crippen LogP contribution in [0.5, 0.6) is 0 Å². The average Bonchev–Trinajstić information content (AvgIpc) is 2.69. The van der Waals surface area contributed by atoms with E-state index in [-0.39, 0.29) is 25.2 Å². The van der Waals surface area contributed by atoms with Crippen LogP contribution in [0.1, 0.15) is 24.3 Å². The topological polar surface area (TPSA) is 60.5 Å². The van der Waals surface area contributed by atoms with Gasteiger partial charge in [0.25, 0.3) is 5.91 Å². The maximum atomic E-state index is 11.3. The number of nitrogens with one attached hydrogen (secondary N) is 1. The second-order valence-corrected chi connectivity index (χ2v) is 4.07. The SMILES string of the molecule is CNC(=O)c1ccc(B2OC(C)C(C)O2)cn1. The molecule has 0 spiro atoms. The molecule has 1 amide bonds. The van der Waals surface area contributed by atoms with Crippen LogP contribution in [0.15, 0.2) is 18.3 Å². The molecule has 1 aliphatic heterocycles. The number of carbonyl (C=O) groups is 1. The van der Waals surface area contributed by atoms with E-state index in [1.165, 1.54) is 0 Å². The number of carbonyl (C=O) groups excluding carboxylic acids is 1. The van der Waals surface area contributed by atoms with E-state index in [1.54, 1.807) is 25.4 Å². The van der Waals surface area contributed by atoms with Gasteiger partial charge in [0.05, 0.1) is 12.2 Å². The monoisotopic (exact) mass is 234 g/mol. The average molecular weight is 234 g/mol. The molecular formula is C11H15BN2O3. The summed E-state index contributed by atoms with van der Waals surface area (Å²) in [6.45, 7) is 3.94. The minimum absolute atomic E-state index is 0.0682. The number of aromatic nitrogens is 1. The van der Waals surface area contributed by atoms with Gasteiger partial charge in [-0.3, -0.25) is 9.78 Å². The van der Waals surface area contributed by atoms with Gasteiger partial charge in [-0.05, 0) is 19.9 Å². The standard InChI is InChI=1S/C11H15BN2O3/c1-7-8(2)17-12(16-7)9-4-5-10(14-6-9)11(15)13-3/h4-8H,1-3H3,(H,13,15). The minimum atomic E-state index is -0.383. The zero-order valence-electron chi connectivity index (χ0n) is 10.1. The second kappa shape index (κ2) is 4.85. The van der Waals surface area contributed by atoms with E-state index >= 15 is 0 Å². The quantitative estimate of drug-likeness (QED) is 0.729. The Morgan fingerprint density at radius 1 is 1.35 bits per heavy atom. The Hall–Kier alpha value is -1.40. The maximum Gasteiger partial charge on any atom is 0.496 e. The summed E-state index contributed by atoms with van der Waals surface area (Å²) in [6.07, 6.45) is 1.75. The van der Waals surface area contributed by atoms with E-state index in [0.717, 1.165) is 5.46 Å². The van der Waals surface area contributed by atoms with Crippen LogP contribution >= 0.6 is 0 Å². The van der Waals surface area contributed by atoms with Gasteiger partial charge in [0.1, 0.15) is 5.69 Å². The van der Waals surface area contributed by atoms with Gasteiger partial charge >= 0.3 is 7.12 Å². The third-order valence-corrected chi connectivity index (χ3v) is 2.86. The summed E-state index contributed by atoms with van der Waals surface area (Å²) in [5, 5.41) is 2.52. The number of amides is 1. The van der Waals surface area contributed by atoms with Gasteiger partial charge in [0, 0.05) is 18.7 Å². The molecule has 0 aliphatic carbocycles.